The van der Waals surface area contributed by atoms with Gasteiger partial charge in [-0.25, -0.2) is 0 Å². The fraction of sp³-hybridized carbons (Fsp3) is 0.929. The first-order valence-electron chi connectivity index (χ1n) is 6.76. The molecule has 1 saturated carbocycles. The lowest BCUT2D eigenvalue weighted by Gasteiger charge is -2.36. The molecular formula is C14H26N2O. The maximum Gasteiger partial charge on any atom is 0.0684 e. The number of nitrogens with one attached hydrogen (secondary N) is 1. The second-order valence-corrected chi connectivity index (χ2v) is 6.14. The van der Waals surface area contributed by atoms with Crippen LogP contribution in [-0.2, 0) is 0 Å². The van der Waals surface area contributed by atoms with Crippen LogP contribution in [-0.4, -0.2) is 24.8 Å². The fourth-order valence-electron chi connectivity index (χ4n) is 2.50. The maximum absolute atomic E-state index is 9.55. The molecule has 0 heterocycles. The summed E-state index contributed by atoms with van der Waals surface area (Å²) in [6, 6.07) is 2.31. The molecule has 1 aliphatic carbocycles. The molecule has 0 aromatic carbocycles. The third kappa shape index (κ3) is 4.65. The number of nitrogens with zero attached hydrogens (tertiary/aromatic N) is 1. The van der Waals surface area contributed by atoms with Crippen LogP contribution in [0.25, 0.3) is 0 Å². The Morgan fingerprint density at radius 2 is 1.94 bits per heavy atom. The Kier molecular flexibility index (Phi) is 5.42. The number of aliphatic hydroxyl groups is 1. The molecule has 0 bridgehead atoms. The van der Waals surface area contributed by atoms with Crippen LogP contribution in [0.4, 0.5) is 0 Å². The van der Waals surface area contributed by atoms with Gasteiger partial charge in [-0.3, -0.25) is 0 Å². The molecule has 1 fully saturated rings. The monoisotopic (exact) mass is 238 g/mol. The van der Waals surface area contributed by atoms with E-state index in [2.05, 4.69) is 11.4 Å². The van der Waals surface area contributed by atoms with E-state index in [4.69, 9.17) is 5.26 Å². The van der Waals surface area contributed by atoms with Gasteiger partial charge >= 0.3 is 0 Å². The fourth-order valence-corrected chi connectivity index (χ4v) is 2.50. The van der Waals surface area contributed by atoms with Gasteiger partial charge in [0.05, 0.1) is 11.5 Å². The van der Waals surface area contributed by atoms with Crippen LogP contribution in [0.3, 0.4) is 0 Å². The van der Waals surface area contributed by atoms with Gasteiger partial charge in [0.2, 0.25) is 0 Å². The molecule has 0 atom stereocenters. The van der Waals surface area contributed by atoms with Gasteiger partial charge in [0.1, 0.15) is 0 Å². The third-order valence-corrected chi connectivity index (χ3v) is 3.98. The normalized spacial score (nSPS) is 19.9. The van der Waals surface area contributed by atoms with Crippen molar-refractivity contribution in [2.75, 3.05) is 19.7 Å². The standard InChI is InChI=1S/C14H26N2O/c1-13(2,10-15)8-9-16-11-14(12-17)6-4-3-5-7-14/h16-17H,3-9,11-12H2,1-2H3. The van der Waals surface area contributed by atoms with Crippen molar-refractivity contribution in [2.24, 2.45) is 10.8 Å². The van der Waals surface area contributed by atoms with Gasteiger partial charge in [-0.15, -0.1) is 0 Å². The Labute approximate surface area is 105 Å². The largest absolute Gasteiger partial charge is 0.396 e. The van der Waals surface area contributed by atoms with E-state index >= 15 is 0 Å². The summed E-state index contributed by atoms with van der Waals surface area (Å²) >= 11 is 0. The molecule has 0 amide bonds. The summed E-state index contributed by atoms with van der Waals surface area (Å²) in [5, 5.41) is 21.9. The molecule has 3 heteroatoms. The number of aliphatic hydroxyl groups excluding tert-OH is 1. The molecule has 0 spiro atoms. The van der Waals surface area contributed by atoms with E-state index in [-0.39, 0.29) is 10.8 Å². The molecule has 2 N–H and O–H groups in total. The summed E-state index contributed by atoms with van der Waals surface area (Å²) in [4.78, 5) is 0. The van der Waals surface area contributed by atoms with Gasteiger partial charge in [-0.2, -0.15) is 5.26 Å². The van der Waals surface area contributed by atoms with E-state index in [0.717, 1.165) is 32.4 Å². The van der Waals surface area contributed by atoms with Crippen molar-refractivity contribution in [1.29, 1.82) is 5.26 Å². The van der Waals surface area contributed by atoms with Crippen molar-refractivity contribution >= 4 is 0 Å². The molecule has 0 saturated heterocycles. The van der Waals surface area contributed by atoms with Gasteiger partial charge in [-0.1, -0.05) is 19.3 Å². The van der Waals surface area contributed by atoms with Crippen LogP contribution in [0.1, 0.15) is 52.4 Å². The van der Waals surface area contributed by atoms with Gasteiger partial charge < -0.3 is 10.4 Å². The highest BCUT2D eigenvalue weighted by molar-refractivity contribution is 4.92. The van der Waals surface area contributed by atoms with E-state index in [1.165, 1.54) is 19.3 Å². The highest BCUT2D eigenvalue weighted by Crippen LogP contribution is 2.35. The van der Waals surface area contributed by atoms with E-state index in [1.54, 1.807) is 0 Å². The Morgan fingerprint density at radius 3 is 2.47 bits per heavy atom. The highest BCUT2D eigenvalue weighted by Gasteiger charge is 2.30. The molecule has 1 aliphatic rings. The molecule has 0 radical (unpaired) electrons. The van der Waals surface area contributed by atoms with Crippen molar-refractivity contribution < 1.29 is 5.11 Å². The minimum absolute atomic E-state index is 0.106. The molecular weight excluding hydrogens is 212 g/mol. The number of hydrogen-bond donors (Lipinski definition) is 2. The minimum atomic E-state index is -0.244. The molecule has 0 aromatic rings. The SMILES string of the molecule is CC(C)(C#N)CCNCC1(CO)CCCCC1. The molecule has 0 unspecified atom stereocenters. The average Bonchev–Trinajstić information content (AvgIpc) is 2.36. The summed E-state index contributed by atoms with van der Waals surface area (Å²) < 4.78 is 0. The number of rotatable bonds is 6. The van der Waals surface area contributed by atoms with Crippen molar-refractivity contribution in [1.82, 2.24) is 5.32 Å². The number of hydrogen-bond acceptors (Lipinski definition) is 3. The van der Waals surface area contributed by atoms with Crippen molar-refractivity contribution in [2.45, 2.75) is 52.4 Å². The summed E-state index contributed by atoms with van der Waals surface area (Å²) in [6.45, 7) is 5.99. The van der Waals surface area contributed by atoms with Crippen molar-refractivity contribution in [3.8, 4) is 6.07 Å². The van der Waals surface area contributed by atoms with Gasteiger partial charge in [0.25, 0.3) is 0 Å². The summed E-state index contributed by atoms with van der Waals surface area (Å²) in [6.07, 6.45) is 6.93. The van der Waals surface area contributed by atoms with Crippen LogP contribution < -0.4 is 5.32 Å². The van der Waals surface area contributed by atoms with Crippen LogP contribution in [0.5, 0.6) is 0 Å². The van der Waals surface area contributed by atoms with E-state index in [9.17, 15) is 5.11 Å². The summed E-state index contributed by atoms with van der Waals surface area (Å²) in [5.74, 6) is 0. The first kappa shape index (κ1) is 14.5. The first-order chi connectivity index (χ1) is 8.04. The van der Waals surface area contributed by atoms with Gasteiger partial charge in [-0.05, 0) is 39.7 Å². The predicted molar refractivity (Wildman–Crippen MR) is 69.5 cm³/mol. The smallest absolute Gasteiger partial charge is 0.0684 e. The number of nitriles is 1. The van der Waals surface area contributed by atoms with Crippen LogP contribution in [0.2, 0.25) is 0 Å². The molecule has 0 aliphatic heterocycles. The topological polar surface area (TPSA) is 56.0 Å². The zero-order chi connectivity index (χ0) is 12.8. The quantitative estimate of drug-likeness (QED) is 0.699. The van der Waals surface area contributed by atoms with Gasteiger partial charge in [0, 0.05) is 18.6 Å². The van der Waals surface area contributed by atoms with Crippen LogP contribution >= 0.6 is 0 Å². The zero-order valence-corrected chi connectivity index (χ0v) is 11.3. The van der Waals surface area contributed by atoms with E-state index in [1.807, 2.05) is 13.8 Å². The molecule has 1 rings (SSSR count). The summed E-state index contributed by atoms with van der Waals surface area (Å²) in [5.41, 5.74) is -0.138. The van der Waals surface area contributed by atoms with E-state index < -0.39 is 0 Å². The molecule has 17 heavy (non-hydrogen) atoms. The van der Waals surface area contributed by atoms with Gasteiger partial charge in [0.15, 0.2) is 0 Å². The predicted octanol–water partition coefficient (Wildman–Crippen LogP) is 2.46. The Morgan fingerprint density at radius 1 is 1.29 bits per heavy atom. The van der Waals surface area contributed by atoms with Crippen molar-refractivity contribution in [3.63, 3.8) is 0 Å². The molecule has 3 nitrogen and oxygen atoms in total. The van der Waals surface area contributed by atoms with Crippen LogP contribution in [0.15, 0.2) is 0 Å². The summed E-state index contributed by atoms with van der Waals surface area (Å²) in [7, 11) is 0. The minimum Gasteiger partial charge on any atom is -0.396 e. The lowest BCUT2D eigenvalue weighted by molar-refractivity contribution is 0.0810. The molecule has 98 valence electrons. The van der Waals surface area contributed by atoms with Crippen molar-refractivity contribution in [3.05, 3.63) is 0 Å². The first-order valence-corrected chi connectivity index (χ1v) is 6.76. The third-order valence-electron chi connectivity index (χ3n) is 3.98. The zero-order valence-electron chi connectivity index (χ0n) is 11.3. The Bertz CT molecular complexity index is 262. The lowest BCUT2D eigenvalue weighted by Crippen LogP contribution is -2.40. The van der Waals surface area contributed by atoms with E-state index in [0.29, 0.717) is 6.61 Å². The maximum atomic E-state index is 9.55. The van der Waals surface area contributed by atoms with Crippen LogP contribution in [0, 0.1) is 22.2 Å². The second-order valence-electron chi connectivity index (χ2n) is 6.14. The second kappa shape index (κ2) is 6.37. The highest BCUT2D eigenvalue weighted by atomic mass is 16.3. The Hall–Kier alpha value is -0.590. The molecule has 0 aromatic heterocycles. The lowest BCUT2D eigenvalue weighted by atomic mass is 9.74. The average molecular weight is 238 g/mol. The Balaban J connectivity index is 2.27.